The molecule has 2 aromatic rings. The Kier molecular flexibility index (Phi) is 12.5. The van der Waals surface area contributed by atoms with Gasteiger partial charge in [0, 0.05) is 38.7 Å². The molecule has 2 N–H and O–H groups in total. The van der Waals surface area contributed by atoms with Gasteiger partial charge in [0.05, 0.1) is 25.5 Å². The fourth-order valence-corrected chi connectivity index (χ4v) is 2.63. The molecule has 0 radical (unpaired) electrons. The number of ether oxygens (including phenoxy) is 2. The number of methoxy groups -OCH3 is 1. The van der Waals surface area contributed by atoms with Crippen LogP contribution in [0.3, 0.4) is 0 Å². The summed E-state index contributed by atoms with van der Waals surface area (Å²) in [6.45, 7) is 10.2. The number of hydrogen-bond acceptors (Lipinski definition) is 5. The van der Waals surface area contributed by atoms with Gasteiger partial charge in [0.1, 0.15) is 0 Å². The van der Waals surface area contributed by atoms with E-state index in [4.69, 9.17) is 9.47 Å². The minimum Gasteiger partial charge on any atom is -0.382 e. The molecule has 9 heteroatoms. The Labute approximate surface area is 190 Å². The van der Waals surface area contributed by atoms with E-state index in [9.17, 15) is 0 Å². The number of guanidine groups is 1. The molecule has 0 spiro atoms. The molecule has 0 aromatic carbocycles. The molecule has 0 fully saturated rings. The molecule has 0 bridgehead atoms. The van der Waals surface area contributed by atoms with Gasteiger partial charge in [-0.3, -0.25) is 0 Å². The molecule has 0 saturated heterocycles. The van der Waals surface area contributed by atoms with Gasteiger partial charge in [-0.15, -0.1) is 24.0 Å². The van der Waals surface area contributed by atoms with Crippen molar-refractivity contribution in [2.45, 2.75) is 33.7 Å². The van der Waals surface area contributed by atoms with Crippen molar-refractivity contribution in [3.8, 4) is 5.82 Å². The van der Waals surface area contributed by atoms with Gasteiger partial charge in [0.2, 0.25) is 0 Å². The molecule has 2 aromatic heterocycles. The number of pyridine rings is 1. The first kappa shape index (κ1) is 25.3. The predicted octanol–water partition coefficient (Wildman–Crippen LogP) is 2.61. The third-order valence-electron chi connectivity index (χ3n) is 3.99. The van der Waals surface area contributed by atoms with Gasteiger partial charge in [-0.25, -0.2) is 14.7 Å². The van der Waals surface area contributed by atoms with E-state index in [1.165, 1.54) is 0 Å². The lowest BCUT2D eigenvalue weighted by Crippen LogP contribution is -2.38. The molecule has 29 heavy (non-hydrogen) atoms. The molecule has 0 saturated carbocycles. The van der Waals surface area contributed by atoms with Gasteiger partial charge in [-0.2, -0.15) is 5.10 Å². The highest BCUT2D eigenvalue weighted by Crippen LogP contribution is 2.10. The van der Waals surface area contributed by atoms with Crippen LogP contribution in [-0.4, -0.2) is 60.7 Å². The Bertz CT molecular complexity index is 733. The zero-order valence-electron chi connectivity index (χ0n) is 17.8. The Hall–Kier alpha value is -1.72. The summed E-state index contributed by atoms with van der Waals surface area (Å²) in [6.07, 6.45) is 2.76. The molecular weight excluding hydrogens is 483 g/mol. The maximum absolute atomic E-state index is 5.46. The number of halogens is 1. The average molecular weight is 516 g/mol. The zero-order valence-corrected chi connectivity index (χ0v) is 20.1. The van der Waals surface area contributed by atoms with Crippen LogP contribution in [0.4, 0.5) is 0 Å². The van der Waals surface area contributed by atoms with E-state index < -0.39 is 0 Å². The molecule has 2 heterocycles. The van der Waals surface area contributed by atoms with Crippen LogP contribution in [0, 0.1) is 13.8 Å². The van der Waals surface area contributed by atoms with Crippen molar-refractivity contribution in [3.05, 3.63) is 41.3 Å². The summed E-state index contributed by atoms with van der Waals surface area (Å²) in [6, 6.07) is 6.05. The molecule has 0 atom stereocenters. The van der Waals surface area contributed by atoms with Crippen molar-refractivity contribution in [1.29, 1.82) is 0 Å². The van der Waals surface area contributed by atoms with E-state index in [1.807, 2.05) is 42.9 Å². The quantitative estimate of drug-likeness (QED) is 0.207. The number of aliphatic imine (C=N–C) groups is 1. The van der Waals surface area contributed by atoms with E-state index in [2.05, 4.69) is 32.6 Å². The molecule has 0 aliphatic rings. The van der Waals surface area contributed by atoms with E-state index in [1.54, 1.807) is 7.11 Å². The normalized spacial score (nSPS) is 11.2. The fourth-order valence-electron chi connectivity index (χ4n) is 2.63. The lowest BCUT2D eigenvalue weighted by atomic mass is 10.3. The van der Waals surface area contributed by atoms with Gasteiger partial charge in [-0.05, 0) is 44.9 Å². The Morgan fingerprint density at radius 2 is 2.00 bits per heavy atom. The summed E-state index contributed by atoms with van der Waals surface area (Å²) in [5, 5.41) is 11.0. The topological polar surface area (TPSA) is 85.6 Å². The lowest BCUT2D eigenvalue weighted by Gasteiger charge is -2.11. The summed E-state index contributed by atoms with van der Waals surface area (Å²) in [5.74, 6) is 1.61. The van der Waals surface area contributed by atoms with Crippen LogP contribution in [0.2, 0.25) is 0 Å². The second-order valence-corrected chi connectivity index (χ2v) is 6.44. The number of nitrogens with one attached hydrogen (secondary N) is 2. The van der Waals surface area contributed by atoms with Crippen LogP contribution in [-0.2, 0) is 16.0 Å². The van der Waals surface area contributed by atoms with Crippen LogP contribution in [0.5, 0.6) is 0 Å². The molecule has 0 aliphatic carbocycles. The maximum Gasteiger partial charge on any atom is 0.191 e. The van der Waals surface area contributed by atoms with Crippen molar-refractivity contribution >= 4 is 29.9 Å². The van der Waals surface area contributed by atoms with Gasteiger partial charge >= 0.3 is 0 Å². The average Bonchev–Trinajstić information content (AvgIpc) is 3.03. The highest BCUT2D eigenvalue weighted by atomic mass is 127. The second-order valence-electron chi connectivity index (χ2n) is 6.44. The molecule has 0 unspecified atom stereocenters. The standard InChI is InChI=1S/C20H32N6O2.HI/c1-5-21-20(22-9-6-10-28-12-11-27-4)24-15-18-7-8-19(23-14-18)26-17(3)13-16(2)25-26;/h7-8,13-14H,5-6,9-12,15H2,1-4H3,(H2,21,22,24);1H. The lowest BCUT2D eigenvalue weighted by molar-refractivity contribution is 0.0698. The van der Waals surface area contributed by atoms with E-state index in [0.29, 0.717) is 26.4 Å². The van der Waals surface area contributed by atoms with Crippen LogP contribution in [0.15, 0.2) is 29.4 Å². The summed E-state index contributed by atoms with van der Waals surface area (Å²) in [5.41, 5.74) is 3.10. The second kappa shape index (κ2) is 14.3. The highest BCUT2D eigenvalue weighted by Gasteiger charge is 2.05. The Balaban J connectivity index is 0.00000420. The highest BCUT2D eigenvalue weighted by molar-refractivity contribution is 14.0. The number of aryl methyl sites for hydroxylation is 2. The van der Waals surface area contributed by atoms with Gasteiger partial charge < -0.3 is 20.1 Å². The first-order chi connectivity index (χ1) is 13.6. The minimum atomic E-state index is 0. The molecule has 8 nitrogen and oxygen atoms in total. The number of aromatic nitrogens is 3. The Morgan fingerprint density at radius 1 is 1.17 bits per heavy atom. The van der Waals surface area contributed by atoms with Gasteiger partial charge in [-0.1, -0.05) is 6.07 Å². The SMILES string of the molecule is CCNC(=NCc1ccc(-n2nc(C)cc2C)nc1)NCCCOCCOC.I. The van der Waals surface area contributed by atoms with Crippen LogP contribution in [0.1, 0.15) is 30.3 Å². The largest absolute Gasteiger partial charge is 0.382 e. The van der Waals surface area contributed by atoms with E-state index in [-0.39, 0.29) is 24.0 Å². The third-order valence-corrected chi connectivity index (χ3v) is 3.99. The fraction of sp³-hybridized carbons (Fsp3) is 0.550. The Morgan fingerprint density at radius 3 is 2.62 bits per heavy atom. The smallest absolute Gasteiger partial charge is 0.191 e. The molecule has 162 valence electrons. The van der Waals surface area contributed by atoms with Crippen molar-refractivity contribution in [2.24, 2.45) is 4.99 Å². The van der Waals surface area contributed by atoms with Crippen molar-refractivity contribution in [3.63, 3.8) is 0 Å². The number of rotatable bonds is 11. The minimum absolute atomic E-state index is 0. The van der Waals surface area contributed by atoms with Crippen LogP contribution >= 0.6 is 24.0 Å². The van der Waals surface area contributed by atoms with Crippen LogP contribution < -0.4 is 10.6 Å². The van der Waals surface area contributed by atoms with Crippen molar-refractivity contribution in [2.75, 3.05) is 40.0 Å². The number of hydrogen-bond donors (Lipinski definition) is 2. The van der Waals surface area contributed by atoms with Crippen molar-refractivity contribution < 1.29 is 9.47 Å². The maximum atomic E-state index is 5.46. The summed E-state index contributed by atoms with van der Waals surface area (Å²) < 4.78 is 12.3. The first-order valence-electron chi connectivity index (χ1n) is 9.71. The molecule has 2 rings (SSSR count). The molecule has 0 amide bonds. The van der Waals surface area contributed by atoms with Gasteiger partial charge in [0.15, 0.2) is 11.8 Å². The summed E-state index contributed by atoms with van der Waals surface area (Å²) >= 11 is 0. The summed E-state index contributed by atoms with van der Waals surface area (Å²) in [4.78, 5) is 9.15. The zero-order chi connectivity index (χ0) is 20.2. The predicted molar refractivity (Wildman–Crippen MR) is 126 cm³/mol. The monoisotopic (exact) mass is 516 g/mol. The van der Waals surface area contributed by atoms with Crippen LogP contribution in [0.25, 0.3) is 5.82 Å². The van der Waals surface area contributed by atoms with Gasteiger partial charge in [0.25, 0.3) is 0 Å². The molecular formula is C20H33IN6O2. The summed E-state index contributed by atoms with van der Waals surface area (Å²) in [7, 11) is 1.67. The van der Waals surface area contributed by atoms with Crippen molar-refractivity contribution in [1.82, 2.24) is 25.4 Å². The molecule has 0 aliphatic heterocycles. The number of nitrogens with zero attached hydrogens (tertiary/aromatic N) is 4. The first-order valence-corrected chi connectivity index (χ1v) is 9.71. The third kappa shape index (κ3) is 9.09. The van der Waals surface area contributed by atoms with E-state index >= 15 is 0 Å². The van der Waals surface area contributed by atoms with E-state index in [0.717, 1.165) is 48.2 Å².